The lowest BCUT2D eigenvalue weighted by Gasteiger charge is -2.13. The van der Waals surface area contributed by atoms with Crippen LogP contribution in [0.1, 0.15) is 5.56 Å². The molecule has 0 nitrogen and oxygen atoms in total. The summed E-state index contributed by atoms with van der Waals surface area (Å²) in [6.07, 6.45) is 7.51. The van der Waals surface area contributed by atoms with E-state index >= 15 is 0 Å². The Labute approximate surface area is 88.1 Å². The molecule has 0 amide bonds. The molecule has 0 aliphatic rings. The largest absolute Gasteiger partial charge is 0.103 e. The van der Waals surface area contributed by atoms with Crippen LogP contribution < -0.4 is 0 Å². The minimum atomic E-state index is 0.0267. The third-order valence-corrected chi connectivity index (χ3v) is 4.39. The summed E-state index contributed by atoms with van der Waals surface area (Å²) in [5.41, 5.74) is 1.43. The lowest BCUT2D eigenvalue weighted by Crippen LogP contribution is -1.89. The first-order chi connectivity index (χ1) is 6.86. The highest BCUT2D eigenvalue weighted by atomic mass is 31.1. The summed E-state index contributed by atoms with van der Waals surface area (Å²) in [6.45, 7) is 7.61. The lowest BCUT2D eigenvalue weighted by molar-refractivity contribution is 1.37. The molecule has 0 aliphatic heterocycles. The molecule has 0 bridgehead atoms. The Morgan fingerprint density at radius 1 is 1.00 bits per heavy atom. The number of allylic oxidation sites excluding steroid dienone is 2. The van der Waals surface area contributed by atoms with Gasteiger partial charge in [-0.15, -0.1) is 13.2 Å². The van der Waals surface area contributed by atoms with Gasteiger partial charge in [0.25, 0.3) is 0 Å². The first-order valence-electron chi connectivity index (χ1n) is 4.85. The maximum Gasteiger partial charge on any atom is -0.00675 e. The van der Waals surface area contributed by atoms with Gasteiger partial charge in [-0.25, -0.2) is 0 Å². The van der Waals surface area contributed by atoms with Gasteiger partial charge in [-0.05, 0) is 24.0 Å². The predicted molar refractivity (Wildman–Crippen MR) is 67.2 cm³/mol. The third-order valence-electron chi connectivity index (χ3n) is 2.02. The lowest BCUT2D eigenvalue weighted by atomic mass is 10.2. The molecule has 0 spiro atoms. The van der Waals surface area contributed by atoms with Crippen molar-refractivity contribution in [1.29, 1.82) is 0 Å². The van der Waals surface area contributed by atoms with Crippen LogP contribution in [0.5, 0.6) is 0 Å². The van der Waals surface area contributed by atoms with Gasteiger partial charge in [0.05, 0.1) is 0 Å². The molecule has 0 aromatic heterocycles. The maximum absolute atomic E-state index is 3.81. The second kappa shape index (κ2) is 6.56. The van der Waals surface area contributed by atoms with Gasteiger partial charge in [0.15, 0.2) is 0 Å². The summed E-state index contributed by atoms with van der Waals surface area (Å²) in [7, 11) is 0.0267. The number of hydrogen-bond donors (Lipinski definition) is 0. The Kier molecular flexibility index (Phi) is 5.25. The van der Waals surface area contributed by atoms with E-state index in [2.05, 4.69) is 43.5 Å². The molecule has 0 N–H and O–H groups in total. The van der Waals surface area contributed by atoms with Gasteiger partial charge < -0.3 is 0 Å². The molecule has 0 heterocycles. The van der Waals surface area contributed by atoms with Crippen molar-refractivity contribution in [2.45, 2.75) is 6.16 Å². The molecule has 1 heteroatoms. The number of rotatable bonds is 6. The van der Waals surface area contributed by atoms with Crippen LogP contribution in [0, 0.1) is 0 Å². The minimum Gasteiger partial charge on any atom is -0.103 e. The topological polar surface area (TPSA) is 0 Å². The first-order valence-corrected chi connectivity index (χ1v) is 6.74. The number of hydrogen-bond acceptors (Lipinski definition) is 0. The molecule has 0 unspecified atom stereocenters. The van der Waals surface area contributed by atoms with Crippen LogP contribution in [0.2, 0.25) is 0 Å². The fraction of sp³-hybridized carbons (Fsp3) is 0.231. The molecule has 0 atom stereocenters. The van der Waals surface area contributed by atoms with E-state index in [0.717, 1.165) is 12.3 Å². The van der Waals surface area contributed by atoms with E-state index in [1.165, 1.54) is 11.7 Å². The summed E-state index contributed by atoms with van der Waals surface area (Å²) >= 11 is 0. The third kappa shape index (κ3) is 3.89. The van der Waals surface area contributed by atoms with Crippen LogP contribution in [0.25, 0.3) is 0 Å². The summed E-state index contributed by atoms with van der Waals surface area (Å²) in [4.78, 5) is 0. The van der Waals surface area contributed by atoms with Gasteiger partial charge in [0.1, 0.15) is 0 Å². The van der Waals surface area contributed by atoms with Gasteiger partial charge in [-0.2, -0.15) is 0 Å². The molecule has 0 radical (unpaired) electrons. The monoisotopic (exact) mass is 204 g/mol. The molecule has 1 rings (SSSR count). The Morgan fingerprint density at radius 2 is 1.57 bits per heavy atom. The van der Waals surface area contributed by atoms with Crippen LogP contribution in [-0.4, -0.2) is 12.3 Å². The van der Waals surface area contributed by atoms with E-state index in [-0.39, 0.29) is 7.92 Å². The Hall–Kier alpha value is -0.870. The fourth-order valence-corrected chi connectivity index (χ4v) is 3.28. The first kappa shape index (κ1) is 11.2. The van der Waals surface area contributed by atoms with Crippen LogP contribution in [0.3, 0.4) is 0 Å². The van der Waals surface area contributed by atoms with Crippen molar-refractivity contribution in [3.63, 3.8) is 0 Å². The highest BCUT2D eigenvalue weighted by molar-refractivity contribution is 7.57. The van der Waals surface area contributed by atoms with Crippen LogP contribution in [-0.2, 0) is 6.16 Å². The van der Waals surface area contributed by atoms with E-state index in [1.807, 2.05) is 12.2 Å². The molecule has 0 fully saturated rings. The molecule has 1 aromatic carbocycles. The van der Waals surface area contributed by atoms with Gasteiger partial charge in [-0.3, -0.25) is 0 Å². The van der Waals surface area contributed by atoms with Gasteiger partial charge in [-0.1, -0.05) is 50.4 Å². The maximum atomic E-state index is 3.81. The summed E-state index contributed by atoms with van der Waals surface area (Å²) in [5.74, 6) is 0. The van der Waals surface area contributed by atoms with E-state index in [9.17, 15) is 0 Å². The zero-order valence-electron chi connectivity index (χ0n) is 8.52. The second-order valence-electron chi connectivity index (χ2n) is 3.26. The number of benzene rings is 1. The molecular weight excluding hydrogens is 187 g/mol. The van der Waals surface area contributed by atoms with Crippen molar-refractivity contribution < 1.29 is 0 Å². The summed E-state index contributed by atoms with van der Waals surface area (Å²) in [6, 6.07) is 10.7. The molecule has 74 valence electrons. The second-order valence-corrected chi connectivity index (χ2v) is 5.65. The Morgan fingerprint density at radius 3 is 2.07 bits per heavy atom. The van der Waals surface area contributed by atoms with E-state index < -0.39 is 0 Å². The minimum absolute atomic E-state index is 0.0267. The van der Waals surface area contributed by atoms with Crippen molar-refractivity contribution in [2.75, 3.05) is 12.3 Å². The normalized spacial score (nSPS) is 10.1. The fourth-order valence-electron chi connectivity index (χ4n) is 1.41. The molecule has 14 heavy (non-hydrogen) atoms. The van der Waals surface area contributed by atoms with Crippen LogP contribution in [0.15, 0.2) is 55.6 Å². The van der Waals surface area contributed by atoms with Crippen molar-refractivity contribution in [3.05, 3.63) is 61.2 Å². The van der Waals surface area contributed by atoms with Crippen LogP contribution in [0.4, 0.5) is 0 Å². The standard InChI is InChI=1S/C13H17P/c1-3-10-14(11-4-2)12-13-8-6-5-7-9-13/h3-9H,1-2,10-12H2. The summed E-state index contributed by atoms with van der Waals surface area (Å²) < 4.78 is 0. The zero-order chi connectivity index (χ0) is 10.2. The van der Waals surface area contributed by atoms with Crippen molar-refractivity contribution >= 4 is 7.92 Å². The molecular formula is C13H17P. The van der Waals surface area contributed by atoms with Crippen molar-refractivity contribution in [3.8, 4) is 0 Å². The average Bonchev–Trinajstić information content (AvgIpc) is 2.20. The van der Waals surface area contributed by atoms with Crippen LogP contribution >= 0.6 is 7.92 Å². The average molecular weight is 204 g/mol. The van der Waals surface area contributed by atoms with Gasteiger partial charge >= 0.3 is 0 Å². The van der Waals surface area contributed by atoms with E-state index in [0.29, 0.717) is 0 Å². The van der Waals surface area contributed by atoms with Crippen molar-refractivity contribution in [2.24, 2.45) is 0 Å². The highest BCUT2D eigenvalue weighted by Gasteiger charge is 2.04. The van der Waals surface area contributed by atoms with Gasteiger partial charge in [0, 0.05) is 0 Å². The highest BCUT2D eigenvalue weighted by Crippen LogP contribution is 2.39. The van der Waals surface area contributed by atoms with E-state index in [4.69, 9.17) is 0 Å². The molecule has 0 saturated heterocycles. The zero-order valence-corrected chi connectivity index (χ0v) is 9.42. The quantitative estimate of drug-likeness (QED) is 0.484. The van der Waals surface area contributed by atoms with E-state index in [1.54, 1.807) is 0 Å². The Balaban J connectivity index is 2.54. The summed E-state index contributed by atoms with van der Waals surface area (Å²) in [5, 5.41) is 0. The predicted octanol–water partition coefficient (Wildman–Crippen LogP) is 4.04. The smallest absolute Gasteiger partial charge is 0.00675 e. The molecule has 0 saturated carbocycles. The molecule has 0 aliphatic carbocycles. The Bertz CT molecular complexity index is 267. The van der Waals surface area contributed by atoms with Crippen molar-refractivity contribution in [1.82, 2.24) is 0 Å². The molecule has 1 aromatic rings. The SMILES string of the molecule is C=CCP(CC=C)Cc1ccccc1. The van der Waals surface area contributed by atoms with Gasteiger partial charge in [0.2, 0.25) is 0 Å².